The summed E-state index contributed by atoms with van der Waals surface area (Å²) in [5.41, 5.74) is 0.447. The van der Waals surface area contributed by atoms with Crippen LogP contribution in [0, 0.1) is 0 Å². The molecule has 1 aromatic rings. The third-order valence-corrected chi connectivity index (χ3v) is 3.21. The second-order valence-corrected chi connectivity index (χ2v) is 5.30. The van der Waals surface area contributed by atoms with Gasteiger partial charge in [-0.05, 0) is 28.4 Å². The minimum atomic E-state index is -1.07. The van der Waals surface area contributed by atoms with Crippen LogP contribution in [0.1, 0.15) is 30.3 Å². The third kappa shape index (κ3) is 4.64. The van der Waals surface area contributed by atoms with Gasteiger partial charge in [-0.15, -0.1) is 0 Å². The zero-order valence-electron chi connectivity index (χ0n) is 11.6. The van der Waals surface area contributed by atoms with Crippen LogP contribution in [0.4, 0.5) is 0 Å². The normalized spacial score (nSPS) is 12.2. The summed E-state index contributed by atoms with van der Waals surface area (Å²) in [7, 11) is 1.49. The first-order valence-electron chi connectivity index (χ1n) is 6.37. The molecular weight excluding hydrogens is 328 g/mol. The number of aryl methyl sites for hydroxylation is 1. The Kier molecular flexibility index (Phi) is 6.74. The van der Waals surface area contributed by atoms with Gasteiger partial charge < -0.3 is 19.7 Å². The van der Waals surface area contributed by atoms with Gasteiger partial charge in [-0.25, -0.2) is 4.79 Å². The smallest absolute Gasteiger partial charge is 0.326 e. The molecule has 0 radical (unpaired) electrons. The predicted octanol–water partition coefficient (Wildman–Crippen LogP) is 1.88. The first kappa shape index (κ1) is 16.7. The Bertz CT molecular complexity index is 473. The van der Waals surface area contributed by atoms with E-state index in [0.29, 0.717) is 12.2 Å². The molecule has 1 atom stereocenters. The number of aromatic nitrogens is 1. The highest BCUT2D eigenvalue weighted by Gasteiger charge is 2.22. The summed E-state index contributed by atoms with van der Waals surface area (Å²) in [4.78, 5) is 23.3. The number of halogens is 1. The molecule has 1 amide bonds. The molecule has 1 rings (SSSR count). The highest BCUT2D eigenvalue weighted by Crippen LogP contribution is 2.16. The zero-order chi connectivity index (χ0) is 15.1. The van der Waals surface area contributed by atoms with Crippen LogP contribution in [0.5, 0.6) is 0 Å². The van der Waals surface area contributed by atoms with Crippen molar-refractivity contribution in [1.29, 1.82) is 0 Å². The molecule has 0 aliphatic heterocycles. The molecule has 1 heterocycles. The SMILES string of the molecule is CCCn1cc(Br)cc1C(=O)NC(CCOC)C(=O)O. The van der Waals surface area contributed by atoms with Gasteiger partial charge in [0.1, 0.15) is 11.7 Å². The molecule has 1 unspecified atom stereocenters. The second-order valence-electron chi connectivity index (χ2n) is 4.38. The van der Waals surface area contributed by atoms with Gasteiger partial charge in [0.15, 0.2) is 0 Å². The van der Waals surface area contributed by atoms with Crippen molar-refractivity contribution in [2.75, 3.05) is 13.7 Å². The number of carboxylic acid groups (broad SMARTS) is 1. The Labute approximate surface area is 126 Å². The molecule has 0 spiro atoms. The minimum absolute atomic E-state index is 0.229. The Balaban J connectivity index is 2.80. The molecule has 7 heteroatoms. The van der Waals surface area contributed by atoms with Gasteiger partial charge in [0.2, 0.25) is 0 Å². The fourth-order valence-electron chi connectivity index (χ4n) is 1.82. The molecule has 0 saturated carbocycles. The van der Waals surface area contributed by atoms with Crippen molar-refractivity contribution in [3.05, 3.63) is 22.4 Å². The van der Waals surface area contributed by atoms with Crippen LogP contribution in [0.3, 0.4) is 0 Å². The maximum atomic E-state index is 12.2. The molecule has 2 N–H and O–H groups in total. The number of hydrogen-bond acceptors (Lipinski definition) is 3. The lowest BCUT2D eigenvalue weighted by molar-refractivity contribution is -0.139. The van der Waals surface area contributed by atoms with Gasteiger partial charge >= 0.3 is 5.97 Å². The highest BCUT2D eigenvalue weighted by atomic mass is 79.9. The number of nitrogens with zero attached hydrogens (tertiary/aromatic N) is 1. The fourth-order valence-corrected chi connectivity index (χ4v) is 2.28. The molecule has 0 aliphatic carbocycles. The number of carbonyl (C=O) groups excluding carboxylic acids is 1. The standard InChI is InChI=1S/C13H19BrN2O4/c1-3-5-16-8-9(14)7-11(16)12(17)15-10(13(18)19)4-6-20-2/h7-8,10H,3-6H2,1-2H3,(H,15,17)(H,18,19). The molecule has 0 bridgehead atoms. The number of carboxylic acids is 1. The molecule has 0 fully saturated rings. The Morgan fingerprint density at radius 1 is 1.55 bits per heavy atom. The Hall–Kier alpha value is -1.34. The first-order valence-corrected chi connectivity index (χ1v) is 7.17. The van der Waals surface area contributed by atoms with Gasteiger partial charge in [0.05, 0.1) is 0 Å². The summed E-state index contributed by atoms with van der Waals surface area (Å²) in [6.07, 6.45) is 2.92. The van der Waals surface area contributed by atoms with Crippen molar-refractivity contribution in [3.63, 3.8) is 0 Å². The monoisotopic (exact) mass is 346 g/mol. The lowest BCUT2D eigenvalue weighted by atomic mass is 10.2. The van der Waals surface area contributed by atoms with Gasteiger partial charge in [-0.3, -0.25) is 4.79 Å². The van der Waals surface area contributed by atoms with E-state index in [2.05, 4.69) is 21.2 Å². The topological polar surface area (TPSA) is 80.6 Å². The van der Waals surface area contributed by atoms with E-state index >= 15 is 0 Å². The molecule has 0 saturated heterocycles. The third-order valence-electron chi connectivity index (χ3n) is 2.77. The predicted molar refractivity (Wildman–Crippen MR) is 77.8 cm³/mol. The van der Waals surface area contributed by atoms with E-state index in [4.69, 9.17) is 9.84 Å². The van der Waals surface area contributed by atoms with E-state index in [1.54, 1.807) is 10.6 Å². The molecule has 112 valence electrons. The molecule has 6 nitrogen and oxygen atoms in total. The number of amides is 1. The summed E-state index contributed by atoms with van der Waals surface area (Å²) < 4.78 is 7.44. The number of hydrogen-bond donors (Lipinski definition) is 2. The molecular formula is C13H19BrN2O4. The van der Waals surface area contributed by atoms with Crippen LogP contribution in [-0.2, 0) is 16.1 Å². The second kappa shape index (κ2) is 8.06. The van der Waals surface area contributed by atoms with Crippen molar-refractivity contribution in [3.8, 4) is 0 Å². The maximum Gasteiger partial charge on any atom is 0.326 e. The minimum Gasteiger partial charge on any atom is -0.480 e. The van der Waals surface area contributed by atoms with Gasteiger partial charge in [-0.1, -0.05) is 6.92 Å². The van der Waals surface area contributed by atoms with E-state index in [1.165, 1.54) is 7.11 Å². The van der Waals surface area contributed by atoms with Crippen molar-refractivity contribution in [2.24, 2.45) is 0 Å². The van der Waals surface area contributed by atoms with Gasteiger partial charge in [-0.2, -0.15) is 0 Å². The summed E-state index contributed by atoms with van der Waals surface area (Å²) in [5, 5.41) is 11.6. The number of rotatable bonds is 8. The molecule has 0 aliphatic rings. The summed E-state index contributed by atoms with van der Waals surface area (Å²) in [6, 6.07) is 0.728. The van der Waals surface area contributed by atoms with Crippen molar-refractivity contribution >= 4 is 27.8 Å². The lowest BCUT2D eigenvalue weighted by Crippen LogP contribution is -2.42. The van der Waals surface area contributed by atoms with Gasteiger partial charge in [0, 0.05) is 37.4 Å². The van der Waals surface area contributed by atoms with E-state index in [0.717, 1.165) is 10.9 Å². The maximum absolute atomic E-state index is 12.2. The number of aliphatic carboxylic acids is 1. The fraction of sp³-hybridized carbons (Fsp3) is 0.538. The summed E-state index contributed by atoms with van der Waals surface area (Å²) >= 11 is 3.32. The van der Waals surface area contributed by atoms with Crippen LogP contribution >= 0.6 is 15.9 Å². The van der Waals surface area contributed by atoms with E-state index in [9.17, 15) is 9.59 Å². The van der Waals surface area contributed by atoms with Crippen molar-refractivity contribution < 1.29 is 19.4 Å². The molecule has 0 aromatic carbocycles. The first-order chi connectivity index (χ1) is 9.49. The van der Waals surface area contributed by atoms with E-state index in [-0.39, 0.29) is 13.0 Å². The molecule has 1 aromatic heterocycles. The molecule has 20 heavy (non-hydrogen) atoms. The largest absolute Gasteiger partial charge is 0.480 e. The summed E-state index contributed by atoms with van der Waals surface area (Å²) in [6.45, 7) is 2.98. The van der Waals surface area contributed by atoms with E-state index < -0.39 is 17.9 Å². The number of methoxy groups -OCH3 is 1. The van der Waals surface area contributed by atoms with Crippen LogP contribution in [-0.4, -0.2) is 41.3 Å². The van der Waals surface area contributed by atoms with Crippen LogP contribution in [0.2, 0.25) is 0 Å². The zero-order valence-corrected chi connectivity index (χ0v) is 13.1. The van der Waals surface area contributed by atoms with Crippen LogP contribution in [0.25, 0.3) is 0 Å². The number of carbonyl (C=O) groups is 2. The Morgan fingerprint density at radius 2 is 2.25 bits per heavy atom. The van der Waals surface area contributed by atoms with Crippen LogP contribution < -0.4 is 5.32 Å². The highest BCUT2D eigenvalue weighted by molar-refractivity contribution is 9.10. The van der Waals surface area contributed by atoms with Gasteiger partial charge in [0.25, 0.3) is 5.91 Å². The van der Waals surface area contributed by atoms with Crippen molar-refractivity contribution in [1.82, 2.24) is 9.88 Å². The number of ether oxygens (including phenoxy) is 1. The average Bonchev–Trinajstić information content (AvgIpc) is 2.75. The van der Waals surface area contributed by atoms with Crippen LogP contribution in [0.15, 0.2) is 16.7 Å². The lowest BCUT2D eigenvalue weighted by Gasteiger charge is -2.15. The quantitative estimate of drug-likeness (QED) is 0.753. The van der Waals surface area contributed by atoms with E-state index in [1.807, 2.05) is 13.1 Å². The number of nitrogens with one attached hydrogen (secondary N) is 1. The Morgan fingerprint density at radius 3 is 2.80 bits per heavy atom. The van der Waals surface area contributed by atoms with Crippen molar-refractivity contribution in [2.45, 2.75) is 32.4 Å². The summed E-state index contributed by atoms with van der Waals surface area (Å²) in [5.74, 6) is -1.46. The average molecular weight is 347 g/mol.